The number of hydrogen-bond donors (Lipinski definition) is 0. The lowest BCUT2D eigenvalue weighted by Gasteiger charge is -2.16. The van der Waals surface area contributed by atoms with Crippen LogP contribution in [0.25, 0.3) is 11.4 Å². The van der Waals surface area contributed by atoms with Gasteiger partial charge in [-0.25, -0.2) is 9.67 Å². The molecule has 0 N–H and O–H groups in total. The third kappa shape index (κ3) is 4.01. The number of hydrogen-bond acceptors (Lipinski definition) is 5. The number of aryl methyl sites for hydroxylation is 2. The number of nitriles is 1. The lowest BCUT2D eigenvalue weighted by molar-refractivity contribution is -0.291. The number of rotatable bonds is 4. The van der Waals surface area contributed by atoms with E-state index in [2.05, 4.69) is 15.1 Å². The Balaban J connectivity index is 1.93. The Morgan fingerprint density at radius 2 is 1.69 bits per heavy atom. The predicted octanol–water partition coefficient (Wildman–Crippen LogP) is 4.50. The van der Waals surface area contributed by atoms with E-state index >= 15 is 0 Å². The van der Waals surface area contributed by atoms with Crippen molar-refractivity contribution >= 4 is 0 Å². The molecule has 150 valence electrons. The van der Waals surface area contributed by atoms with Crippen molar-refractivity contribution in [2.75, 3.05) is 0 Å². The maximum absolute atomic E-state index is 13.5. The smallest absolute Gasteiger partial charge is 0.421 e. The van der Waals surface area contributed by atoms with Gasteiger partial charge in [-0.1, -0.05) is 0 Å². The Morgan fingerprint density at radius 3 is 2.28 bits per heavy atom. The van der Waals surface area contributed by atoms with E-state index in [1.165, 1.54) is 13.1 Å². The normalized spacial score (nSPS) is 11.9. The van der Waals surface area contributed by atoms with Crippen LogP contribution in [0.15, 0.2) is 36.4 Å². The molecular formula is C18H12F5N5O. The van der Waals surface area contributed by atoms with Gasteiger partial charge in [-0.3, -0.25) is 0 Å². The monoisotopic (exact) mass is 409 g/mol. The quantitative estimate of drug-likeness (QED) is 0.593. The van der Waals surface area contributed by atoms with E-state index in [1.807, 2.05) is 6.07 Å². The van der Waals surface area contributed by atoms with Gasteiger partial charge in [-0.2, -0.15) is 37.3 Å². The van der Waals surface area contributed by atoms with Crippen LogP contribution in [0.5, 0.6) is 11.8 Å². The first kappa shape index (κ1) is 20.2. The number of halogens is 5. The molecule has 0 aliphatic heterocycles. The molecule has 1 aromatic carbocycles. The largest absolute Gasteiger partial charge is 0.459 e. The summed E-state index contributed by atoms with van der Waals surface area (Å²) in [5.74, 6) is -5.32. The van der Waals surface area contributed by atoms with E-state index in [0.717, 1.165) is 4.68 Å². The zero-order valence-electron chi connectivity index (χ0n) is 15.0. The van der Waals surface area contributed by atoms with Crippen molar-refractivity contribution in [1.29, 1.82) is 5.26 Å². The lowest BCUT2D eigenvalue weighted by atomic mass is 10.1. The molecule has 0 aliphatic carbocycles. The zero-order chi connectivity index (χ0) is 21.4. The van der Waals surface area contributed by atoms with Crippen molar-refractivity contribution in [3.05, 3.63) is 53.3 Å². The Bertz CT molecular complexity index is 1080. The standard InChI is InChI=1S/C18H12F5N5O/c1-10-7-14(26-16(25-10)12-5-3-11(9-24)4-6-12)29-15-8-13(27-28(15)2)17(19,20)18(21,22)23/h3-8H,1-2H3. The second kappa shape index (κ2) is 7.12. The summed E-state index contributed by atoms with van der Waals surface area (Å²) in [6.07, 6.45) is -5.78. The molecule has 0 saturated heterocycles. The summed E-state index contributed by atoms with van der Waals surface area (Å²) in [5.41, 5.74) is -0.0179. The van der Waals surface area contributed by atoms with E-state index < -0.39 is 17.8 Å². The van der Waals surface area contributed by atoms with Crippen molar-refractivity contribution in [3.8, 4) is 29.2 Å². The summed E-state index contributed by atoms with van der Waals surface area (Å²) in [4.78, 5) is 8.38. The molecule has 0 spiro atoms. The highest BCUT2D eigenvalue weighted by Gasteiger charge is 2.60. The molecule has 3 rings (SSSR count). The molecule has 0 amide bonds. The zero-order valence-corrected chi connectivity index (χ0v) is 15.0. The fraction of sp³-hybridized carbons (Fsp3) is 0.222. The summed E-state index contributed by atoms with van der Waals surface area (Å²) < 4.78 is 70.8. The molecular weight excluding hydrogens is 397 g/mol. The van der Waals surface area contributed by atoms with Crippen molar-refractivity contribution in [2.24, 2.45) is 7.05 Å². The van der Waals surface area contributed by atoms with Crippen LogP contribution in [0.1, 0.15) is 17.0 Å². The highest BCUT2D eigenvalue weighted by atomic mass is 19.4. The SMILES string of the molecule is Cc1cc(Oc2cc(C(F)(F)C(F)(F)F)nn2C)nc(-c2ccc(C#N)cc2)n1. The number of aromatic nitrogens is 4. The van der Waals surface area contributed by atoms with Crippen LogP contribution in [0, 0.1) is 18.3 Å². The van der Waals surface area contributed by atoms with Crippen LogP contribution >= 0.6 is 0 Å². The maximum Gasteiger partial charge on any atom is 0.459 e. The van der Waals surface area contributed by atoms with Gasteiger partial charge in [-0.05, 0) is 31.2 Å². The topological polar surface area (TPSA) is 76.6 Å². The minimum absolute atomic E-state index is 0.0678. The Morgan fingerprint density at radius 1 is 1.03 bits per heavy atom. The molecule has 0 aliphatic rings. The molecule has 0 unspecified atom stereocenters. The Kier molecular flexibility index (Phi) is 4.96. The first-order valence-corrected chi connectivity index (χ1v) is 8.04. The summed E-state index contributed by atoms with van der Waals surface area (Å²) in [5, 5.41) is 12.1. The van der Waals surface area contributed by atoms with Gasteiger partial charge in [0, 0.05) is 30.4 Å². The number of alkyl halides is 5. The van der Waals surface area contributed by atoms with Crippen LogP contribution in [-0.2, 0) is 13.0 Å². The molecule has 0 bridgehead atoms. The summed E-state index contributed by atoms with van der Waals surface area (Å²) in [7, 11) is 1.17. The molecule has 2 aromatic heterocycles. The van der Waals surface area contributed by atoms with Crippen molar-refractivity contribution < 1.29 is 26.7 Å². The fourth-order valence-electron chi connectivity index (χ4n) is 2.37. The molecule has 2 heterocycles. The average molecular weight is 409 g/mol. The molecule has 0 fully saturated rings. The van der Waals surface area contributed by atoms with Gasteiger partial charge in [0.2, 0.25) is 11.8 Å². The number of nitrogens with zero attached hydrogens (tertiary/aromatic N) is 5. The van der Waals surface area contributed by atoms with E-state index in [0.29, 0.717) is 22.9 Å². The average Bonchev–Trinajstić information content (AvgIpc) is 3.01. The minimum Gasteiger partial charge on any atom is -0.421 e. The fourth-order valence-corrected chi connectivity index (χ4v) is 2.37. The van der Waals surface area contributed by atoms with Crippen molar-refractivity contribution in [2.45, 2.75) is 19.0 Å². The van der Waals surface area contributed by atoms with Gasteiger partial charge in [0.25, 0.3) is 0 Å². The van der Waals surface area contributed by atoms with Crippen LogP contribution in [0.2, 0.25) is 0 Å². The van der Waals surface area contributed by atoms with Crippen molar-refractivity contribution in [1.82, 2.24) is 19.7 Å². The minimum atomic E-state index is -5.78. The van der Waals surface area contributed by atoms with E-state index in [4.69, 9.17) is 10.00 Å². The maximum atomic E-state index is 13.5. The predicted molar refractivity (Wildman–Crippen MR) is 90.2 cm³/mol. The third-order valence-electron chi connectivity index (χ3n) is 3.83. The second-order valence-electron chi connectivity index (χ2n) is 6.03. The second-order valence-corrected chi connectivity index (χ2v) is 6.03. The van der Waals surface area contributed by atoms with Gasteiger partial charge in [0.05, 0.1) is 11.6 Å². The Labute approximate surface area is 161 Å². The highest BCUT2D eigenvalue weighted by molar-refractivity contribution is 5.57. The summed E-state index contributed by atoms with van der Waals surface area (Å²) in [6, 6.07) is 10.2. The van der Waals surface area contributed by atoms with E-state index in [9.17, 15) is 22.0 Å². The molecule has 11 heteroatoms. The van der Waals surface area contributed by atoms with Crippen LogP contribution in [0.3, 0.4) is 0 Å². The van der Waals surface area contributed by atoms with Gasteiger partial charge in [-0.15, -0.1) is 0 Å². The first-order chi connectivity index (χ1) is 13.5. The summed E-state index contributed by atoms with van der Waals surface area (Å²) in [6.45, 7) is 1.63. The molecule has 6 nitrogen and oxygen atoms in total. The van der Waals surface area contributed by atoms with Crippen LogP contribution in [-0.4, -0.2) is 25.9 Å². The highest BCUT2D eigenvalue weighted by Crippen LogP contribution is 2.44. The van der Waals surface area contributed by atoms with Crippen molar-refractivity contribution in [3.63, 3.8) is 0 Å². The molecule has 0 atom stereocenters. The number of benzene rings is 1. The van der Waals surface area contributed by atoms with Crippen LogP contribution in [0.4, 0.5) is 22.0 Å². The lowest BCUT2D eigenvalue weighted by Crippen LogP contribution is -2.34. The number of ether oxygens (including phenoxy) is 1. The third-order valence-corrected chi connectivity index (χ3v) is 3.83. The van der Waals surface area contributed by atoms with Gasteiger partial charge >= 0.3 is 12.1 Å². The van der Waals surface area contributed by atoms with E-state index in [1.54, 1.807) is 31.2 Å². The van der Waals surface area contributed by atoms with Gasteiger partial charge < -0.3 is 4.74 Å². The van der Waals surface area contributed by atoms with Gasteiger partial charge in [0.15, 0.2) is 5.82 Å². The van der Waals surface area contributed by atoms with E-state index in [-0.39, 0.29) is 17.6 Å². The first-order valence-electron chi connectivity index (χ1n) is 8.04. The Hall–Kier alpha value is -3.55. The van der Waals surface area contributed by atoms with Gasteiger partial charge in [0.1, 0.15) is 5.69 Å². The summed E-state index contributed by atoms with van der Waals surface area (Å²) >= 11 is 0. The molecule has 3 aromatic rings. The molecule has 29 heavy (non-hydrogen) atoms. The molecule has 0 saturated carbocycles. The van der Waals surface area contributed by atoms with Crippen LogP contribution < -0.4 is 4.74 Å². The molecule has 0 radical (unpaired) electrons.